The van der Waals surface area contributed by atoms with Crippen LogP contribution in [0.4, 0.5) is 0 Å². The zero-order valence-corrected chi connectivity index (χ0v) is 11.6. The van der Waals surface area contributed by atoms with Crippen molar-refractivity contribution in [2.75, 3.05) is 27.3 Å². The summed E-state index contributed by atoms with van der Waals surface area (Å²) in [7, 11) is 3.35. The first-order valence-electron chi connectivity index (χ1n) is 6.80. The number of nitrogens with zero attached hydrogens (tertiary/aromatic N) is 1. The molecule has 0 amide bonds. The second-order valence-corrected chi connectivity index (χ2v) is 5.70. The number of ether oxygens (including phenoxy) is 2. The van der Waals surface area contributed by atoms with Gasteiger partial charge in [-0.1, -0.05) is 0 Å². The summed E-state index contributed by atoms with van der Waals surface area (Å²) < 4.78 is 10.6. The molecule has 1 saturated heterocycles. The minimum atomic E-state index is -0.425. The predicted octanol–water partition coefficient (Wildman–Crippen LogP) is 1.66. The highest BCUT2D eigenvalue weighted by Crippen LogP contribution is 2.45. The number of hydrogen-bond acceptors (Lipinski definition) is 4. The van der Waals surface area contributed by atoms with E-state index < -0.39 is 5.60 Å². The van der Waals surface area contributed by atoms with Crippen molar-refractivity contribution in [2.45, 2.75) is 25.0 Å². The third-order valence-electron chi connectivity index (χ3n) is 4.21. The highest BCUT2D eigenvalue weighted by molar-refractivity contribution is 5.40. The van der Waals surface area contributed by atoms with Gasteiger partial charge in [-0.15, -0.1) is 0 Å². The molecule has 3 rings (SSSR count). The van der Waals surface area contributed by atoms with E-state index in [4.69, 9.17) is 9.47 Å². The lowest BCUT2D eigenvalue weighted by Crippen LogP contribution is -2.62. The van der Waals surface area contributed by atoms with Crippen molar-refractivity contribution in [3.05, 3.63) is 23.8 Å². The van der Waals surface area contributed by atoms with Gasteiger partial charge in [0.05, 0.1) is 19.8 Å². The summed E-state index contributed by atoms with van der Waals surface area (Å²) >= 11 is 0. The highest BCUT2D eigenvalue weighted by Gasteiger charge is 2.51. The molecule has 1 saturated carbocycles. The Kier molecular flexibility index (Phi) is 3.15. The topological polar surface area (TPSA) is 41.9 Å². The maximum atomic E-state index is 10.3. The van der Waals surface area contributed by atoms with E-state index in [9.17, 15) is 5.11 Å². The van der Waals surface area contributed by atoms with E-state index in [0.29, 0.717) is 5.92 Å². The van der Waals surface area contributed by atoms with Gasteiger partial charge in [-0.3, -0.25) is 4.90 Å². The molecule has 1 aliphatic carbocycles. The van der Waals surface area contributed by atoms with E-state index in [2.05, 4.69) is 4.90 Å². The Bertz CT molecular complexity index is 464. The number of benzene rings is 1. The van der Waals surface area contributed by atoms with Crippen LogP contribution in [0, 0.1) is 5.92 Å². The van der Waals surface area contributed by atoms with Gasteiger partial charge in [0, 0.05) is 25.2 Å². The van der Waals surface area contributed by atoms with Gasteiger partial charge in [0.15, 0.2) is 0 Å². The lowest BCUT2D eigenvalue weighted by atomic mass is 9.88. The van der Waals surface area contributed by atoms with Crippen LogP contribution in [0.15, 0.2) is 18.2 Å². The number of methoxy groups -OCH3 is 2. The number of rotatable bonds is 5. The molecule has 2 aliphatic rings. The summed E-state index contributed by atoms with van der Waals surface area (Å²) in [6, 6.07) is 5.84. The summed E-state index contributed by atoms with van der Waals surface area (Å²) in [6.45, 7) is 2.35. The van der Waals surface area contributed by atoms with Crippen LogP contribution in [0.3, 0.4) is 0 Å². The van der Waals surface area contributed by atoms with Crippen molar-refractivity contribution in [1.82, 2.24) is 4.90 Å². The molecule has 1 aromatic rings. The molecular weight excluding hydrogens is 242 g/mol. The molecule has 1 N–H and O–H groups in total. The smallest absolute Gasteiger partial charge is 0.123 e. The van der Waals surface area contributed by atoms with Crippen LogP contribution in [0.2, 0.25) is 0 Å². The molecule has 0 bridgehead atoms. The summed E-state index contributed by atoms with van der Waals surface area (Å²) in [5.74, 6) is 2.26. The summed E-state index contributed by atoms with van der Waals surface area (Å²) in [5, 5.41) is 10.3. The monoisotopic (exact) mass is 263 g/mol. The average Bonchev–Trinajstić information content (AvgIpc) is 3.21. The molecular formula is C15H21NO3. The van der Waals surface area contributed by atoms with E-state index in [-0.39, 0.29) is 0 Å². The Hall–Kier alpha value is -1.26. The van der Waals surface area contributed by atoms with Gasteiger partial charge in [-0.2, -0.15) is 0 Å². The third kappa shape index (κ3) is 2.42. The van der Waals surface area contributed by atoms with Crippen molar-refractivity contribution < 1.29 is 14.6 Å². The van der Waals surface area contributed by atoms with Crippen LogP contribution in [-0.2, 0) is 6.54 Å². The van der Waals surface area contributed by atoms with Crippen molar-refractivity contribution >= 4 is 0 Å². The molecule has 1 aromatic carbocycles. The zero-order valence-electron chi connectivity index (χ0n) is 11.6. The second kappa shape index (κ2) is 4.69. The molecule has 0 aromatic heterocycles. The lowest BCUT2D eigenvalue weighted by molar-refractivity contribution is -0.116. The Morgan fingerprint density at radius 3 is 2.58 bits per heavy atom. The highest BCUT2D eigenvalue weighted by atomic mass is 16.5. The van der Waals surface area contributed by atoms with Gasteiger partial charge in [0.1, 0.15) is 11.5 Å². The Balaban J connectivity index is 1.66. The standard InChI is InChI=1S/C15H21NO3/c1-18-13-5-6-14(19-2)11(7-13)8-16-9-15(17,10-16)12-3-4-12/h5-7,12,17H,3-4,8-10H2,1-2H3. The summed E-state index contributed by atoms with van der Waals surface area (Å²) in [6.07, 6.45) is 2.37. The Morgan fingerprint density at radius 1 is 1.26 bits per heavy atom. The molecule has 0 spiro atoms. The number of likely N-dealkylation sites (tertiary alicyclic amines) is 1. The number of aliphatic hydroxyl groups is 1. The molecule has 104 valence electrons. The minimum Gasteiger partial charge on any atom is -0.497 e. The molecule has 2 fully saturated rings. The van der Waals surface area contributed by atoms with Gasteiger partial charge < -0.3 is 14.6 Å². The second-order valence-electron chi connectivity index (χ2n) is 5.70. The molecule has 0 radical (unpaired) electrons. The van der Waals surface area contributed by atoms with Crippen LogP contribution in [0.1, 0.15) is 18.4 Å². The maximum Gasteiger partial charge on any atom is 0.123 e. The van der Waals surface area contributed by atoms with E-state index in [1.54, 1.807) is 14.2 Å². The molecule has 0 unspecified atom stereocenters. The fourth-order valence-electron chi connectivity index (χ4n) is 2.97. The summed E-state index contributed by atoms with van der Waals surface area (Å²) in [5.41, 5.74) is 0.686. The van der Waals surface area contributed by atoms with Crippen LogP contribution in [0.5, 0.6) is 11.5 Å². The predicted molar refractivity (Wildman–Crippen MR) is 72.5 cm³/mol. The number of hydrogen-bond donors (Lipinski definition) is 1. The van der Waals surface area contributed by atoms with Crippen molar-refractivity contribution in [2.24, 2.45) is 5.92 Å². The molecule has 19 heavy (non-hydrogen) atoms. The van der Waals surface area contributed by atoms with E-state index in [1.807, 2.05) is 18.2 Å². The fraction of sp³-hybridized carbons (Fsp3) is 0.600. The largest absolute Gasteiger partial charge is 0.497 e. The third-order valence-corrected chi connectivity index (χ3v) is 4.21. The molecule has 1 aliphatic heterocycles. The van der Waals surface area contributed by atoms with Crippen molar-refractivity contribution in [3.8, 4) is 11.5 Å². The molecule has 4 heteroatoms. The lowest BCUT2D eigenvalue weighted by Gasteiger charge is -2.47. The van der Waals surface area contributed by atoms with Gasteiger partial charge in [-0.25, -0.2) is 0 Å². The van der Waals surface area contributed by atoms with Crippen LogP contribution >= 0.6 is 0 Å². The van der Waals surface area contributed by atoms with E-state index in [0.717, 1.165) is 36.7 Å². The van der Waals surface area contributed by atoms with E-state index in [1.165, 1.54) is 12.8 Å². The first-order valence-corrected chi connectivity index (χ1v) is 6.80. The van der Waals surface area contributed by atoms with Gasteiger partial charge >= 0.3 is 0 Å². The molecule has 0 atom stereocenters. The van der Waals surface area contributed by atoms with Crippen LogP contribution in [-0.4, -0.2) is 42.9 Å². The molecule has 1 heterocycles. The summed E-state index contributed by atoms with van der Waals surface area (Å²) in [4.78, 5) is 2.26. The van der Waals surface area contributed by atoms with E-state index >= 15 is 0 Å². The average molecular weight is 263 g/mol. The van der Waals surface area contributed by atoms with Gasteiger partial charge in [0.2, 0.25) is 0 Å². The van der Waals surface area contributed by atoms with Crippen molar-refractivity contribution in [1.29, 1.82) is 0 Å². The number of β-amino-alcohol motifs (C(OH)–C–C–N with tert-alkyl or cyclic N) is 1. The van der Waals surface area contributed by atoms with Crippen LogP contribution in [0.25, 0.3) is 0 Å². The van der Waals surface area contributed by atoms with Gasteiger partial charge in [0.25, 0.3) is 0 Å². The first-order chi connectivity index (χ1) is 9.14. The van der Waals surface area contributed by atoms with Crippen molar-refractivity contribution in [3.63, 3.8) is 0 Å². The minimum absolute atomic E-state index is 0.425. The zero-order chi connectivity index (χ0) is 13.5. The Labute approximate surface area is 113 Å². The first kappa shape index (κ1) is 12.8. The van der Waals surface area contributed by atoms with Crippen LogP contribution < -0.4 is 9.47 Å². The fourth-order valence-corrected chi connectivity index (χ4v) is 2.97. The normalized spacial score (nSPS) is 21.8. The molecule has 4 nitrogen and oxygen atoms in total. The van der Waals surface area contributed by atoms with Gasteiger partial charge in [-0.05, 0) is 37.0 Å². The SMILES string of the molecule is COc1ccc(OC)c(CN2CC(O)(C3CC3)C2)c1. The maximum absolute atomic E-state index is 10.3. The quantitative estimate of drug-likeness (QED) is 0.877. The Morgan fingerprint density at radius 2 is 2.00 bits per heavy atom.